The minimum absolute atomic E-state index is 0.768. The number of hydrogen-bond acceptors (Lipinski definition) is 1. The number of ether oxygens (including phenoxy) is 1. The van der Waals surface area contributed by atoms with Crippen LogP contribution in [-0.2, 0) is 11.3 Å². The first kappa shape index (κ1) is 10.1. The Balaban J connectivity index is 2.92. The van der Waals surface area contributed by atoms with Gasteiger partial charge in [-0.1, -0.05) is 0 Å². The molecule has 0 aliphatic heterocycles. The number of methoxy groups -OCH3 is 1. The third-order valence-electron chi connectivity index (χ3n) is 1.77. The molecule has 0 saturated carbocycles. The van der Waals surface area contributed by atoms with Gasteiger partial charge in [0.15, 0.2) is 0 Å². The molecule has 0 amide bonds. The Morgan fingerprint density at radius 3 is 2.50 bits per heavy atom. The second-order valence-corrected chi connectivity index (χ2v) is 11.8. The van der Waals surface area contributed by atoms with Crippen LogP contribution in [0.2, 0.25) is 9.26 Å². The first-order valence-electron chi connectivity index (χ1n) is 4.00. The van der Waals surface area contributed by atoms with Crippen molar-refractivity contribution in [3.8, 4) is 0 Å². The van der Waals surface area contributed by atoms with Crippen LogP contribution in [0.3, 0.4) is 0 Å². The molecule has 0 atom stereocenters. The molecule has 0 unspecified atom stereocenters. The van der Waals surface area contributed by atoms with Gasteiger partial charge in [0.1, 0.15) is 0 Å². The fourth-order valence-corrected chi connectivity index (χ4v) is 5.49. The first-order valence-corrected chi connectivity index (χ1v) is 12.7. The molecule has 66 valence electrons. The van der Waals surface area contributed by atoms with Gasteiger partial charge in [-0.15, -0.1) is 0 Å². The maximum atomic E-state index is 5.15. The van der Waals surface area contributed by atoms with Crippen molar-refractivity contribution in [2.75, 3.05) is 7.11 Å². The topological polar surface area (TPSA) is 9.23 Å². The van der Waals surface area contributed by atoms with Crippen molar-refractivity contribution in [1.29, 1.82) is 0 Å². The van der Waals surface area contributed by atoms with Crippen LogP contribution in [0.5, 0.6) is 0 Å². The van der Waals surface area contributed by atoms with Gasteiger partial charge in [0.25, 0.3) is 0 Å². The summed E-state index contributed by atoms with van der Waals surface area (Å²) in [5.74, 6) is 0. The molecule has 1 aromatic carbocycles. The second-order valence-electron chi connectivity index (χ2n) is 2.96. The van der Waals surface area contributed by atoms with E-state index in [0.717, 1.165) is 6.61 Å². The fraction of sp³-hybridized carbons (Fsp3) is 0.400. The molecular weight excluding hydrogens is 345 g/mol. The Bertz CT molecular complexity index is 245. The SMILES string of the molecule is COCc1cccc[c]1[Bi]([CH3])[CH3]. The number of rotatable bonds is 3. The molecular formula is C10H15BiO. The summed E-state index contributed by atoms with van der Waals surface area (Å²) in [5.41, 5.74) is 1.39. The van der Waals surface area contributed by atoms with Crippen LogP contribution in [0, 0.1) is 0 Å². The molecule has 0 N–H and O–H groups in total. The summed E-state index contributed by atoms with van der Waals surface area (Å²) in [6, 6.07) is 8.65. The van der Waals surface area contributed by atoms with Crippen molar-refractivity contribution >= 4 is 25.0 Å². The van der Waals surface area contributed by atoms with Crippen molar-refractivity contribution in [3.05, 3.63) is 29.8 Å². The predicted molar refractivity (Wildman–Crippen MR) is 54.3 cm³/mol. The van der Waals surface area contributed by atoms with E-state index in [4.69, 9.17) is 4.74 Å². The quantitative estimate of drug-likeness (QED) is 0.747. The first-order chi connectivity index (χ1) is 5.75. The van der Waals surface area contributed by atoms with Gasteiger partial charge >= 0.3 is 82.6 Å². The molecule has 0 bridgehead atoms. The van der Waals surface area contributed by atoms with Crippen molar-refractivity contribution in [2.45, 2.75) is 15.9 Å². The fourth-order valence-electron chi connectivity index (χ4n) is 1.22. The van der Waals surface area contributed by atoms with Gasteiger partial charge in [-0.2, -0.15) is 0 Å². The van der Waals surface area contributed by atoms with Crippen molar-refractivity contribution in [3.63, 3.8) is 0 Å². The van der Waals surface area contributed by atoms with E-state index in [1.807, 2.05) is 0 Å². The summed E-state index contributed by atoms with van der Waals surface area (Å²) in [4.78, 5) is 0. The average molecular weight is 360 g/mol. The van der Waals surface area contributed by atoms with Crippen LogP contribution < -0.4 is 3.27 Å². The number of hydrogen-bond donors (Lipinski definition) is 0. The van der Waals surface area contributed by atoms with Gasteiger partial charge in [0, 0.05) is 0 Å². The number of benzene rings is 1. The third-order valence-corrected chi connectivity index (χ3v) is 7.22. The molecule has 1 aromatic rings. The molecule has 0 aromatic heterocycles. The van der Waals surface area contributed by atoms with E-state index in [1.165, 1.54) is 5.56 Å². The minimum atomic E-state index is -1.27. The van der Waals surface area contributed by atoms with Crippen molar-refractivity contribution < 1.29 is 4.74 Å². The maximum absolute atomic E-state index is 5.15. The Hall–Kier alpha value is 0.0631. The molecule has 0 aliphatic rings. The normalized spacial score (nSPS) is 10.7. The molecule has 0 radical (unpaired) electrons. The standard InChI is InChI=1S/C8H9O.2CH3.Bi/c1-9-7-8-5-3-2-4-6-8;;;/h2-5H,7H2,1H3;2*1H3;. The van der Waals surface area contributed by atoms with E-state index in [0.29, 0.717) is 0 Å². The summed E-state index contributed by atoms with van der Waals surface area (Å²) in [6.07, 6.45) is 0. The van der Waals surface area contributed by atoms with Crippen LogP contribution in [0.15, 0.2) is 24.3 Å². The monoisotopic (exact) mass is 360 g/mol. The summed E-state index contributed by atoms with van der Waals surface area (Å²) in [7, 11) is 1.76. The summed E-state index contributed by atoms with van der Waals surface area (Å²) < 4.78 is 11.6. The Morgan fingerprint density at radius 2 is 1.92 bits per heavy atom. The molecule has 0 aliphatic carbocycles. The van der Waals surface area contributed by atoms with Crippen molar-refractivity contribution in [1.82, 2.24) is 0 Å². The molecule has 1 rings (SSSR count). The predicted octanol–water partition coefficient (Wildman–Crippen LogP) is 1.79. The molecule has 1 nitrogen and oxygen atoms in total. The molecule has 0 saturated heterocycles. The van der Waals surface area contributed by atoms with E-state index in [2.05, 4.69) is 33.5 Å². The Kier molecular flexibility index (Phi) is 4.17. The van der Waals surface area contributed by atoms with Crippen molar-refractivity contribution in [2.24, 2.45) is 0 Å². The van der Waals surface area contributed by atoms with Gasteiger partial charge in [0.2, 0.25) is 0 Å². The van der Waals surface area contributed by atoms with E-state index < -0.39 is 21.8 Å². The molecule has 0 spiro atoms. The molecule has 2 heteroatoms. The molecule has 0 fully saturated rings. The Morgan fingerprint density at radius 1 is 1.25 bits per heavy atom. The summed E-state index contributed by atoms with van der Waals surface area (Å²) in [6.45, 7) is 0.768. The Labute approximate surface area is 82.4 Å². The zero-order valence-corrected chi connectivity index (χ0v) is 11.3. The van der Waals surface area contributed by atoms with Gasteiger partial charge in [-0.05, 0) is 0 Å². The van der Waals surface area contributed by atoms with Crippen LogP contribution in [-0.4, -0.2) is 28.9 Å². The average Bonchev–Trinajstić information content (AvgIpc) is 2.05. The second kappa shape index (κ2) is 4.94. The summed E-state index contributed by atoms with van der Waals surface area (Å²) in [5, 5.41) is 0. The summed E-state index contributed by atoms with van der Waals surface area (Å²) >= 11 is -1.27. The van der Waals surface area contributed by atoms with E-state index in [9.17, 15) is 0 Å². The molecule has 12 heavy (non-hydrogen) atoms. The van der Waals surface area contributed by atoms with E-state index >= 15 is 0 Å². The van der Waals surface area contributed by atoms with Gasteiger partial charge in [-0.3, -0.25) is 0 Å². The van der Waals surface area contributed by atoms with Crippen LogP contribution in [0.25, 0.3) is 0 Å². The van der Waals surface area contributed by atoms with Gasteiger partial charge in [-0.25, -0.2) is 0 Å². The van der Waals surface area contributed by atoms with Gasteiger partial charge < -0.3 is 0 Å². The zero-order chi connectivity index (χ0) is 8.97. The van der Waals surface area contributed by atoms with Gasteiger partial charge in [0.05, 0.1) is 0 Å². The van der Waals surface area contributed by atoms with E-state index in [-0.39, 0.29) is 0 Å². The van der Waals surface area contributed by atoms with Crippen LogP contribution in [0.4, 0.5) is 0 Å². The van der Waals surface area contributed by atoms with E-state index in [1.54, 1.807) is 10.4 Å². The zero-order valence-electron chi connectivity index (χ0n) is 7.87. The van der Waals surface area contributed by atoms with Crippen LogP contribution >= 0.6 is 0 Å². The van der Waals surface area contributed by atoms with Crippen LogP contribution in [0.1, 0.15) is 5.56 Å². The molecule has 0 heterocycles. The third kappa shape index (κ3) is 2.53.